The van der Waals surface area contributed by atoms with Crippen LogP contribution in [0.1, 0.15) is 25.8 Å². The van der Waals surface area contributed by atoms with Crippen LogP contribution in [0.2, 0.25) is 0 Å². The van der Waals surface area contributed by atoms with Crippen LogP contribution in [0.3, 0.4) is 0 Å². The lowest BCUT2D eigenvalue weighted by Gasteiger charge is -2.02. The van der Waals surface area contributed by atoms with E-state index >= 15 is 0 Å². The van der Waals surface area contributed by atoms with E-state index < -0.39 is 0 Å². The van der Waals surface area contributed by atoms with Gasteiger partial charge in [0.1, 0.15) is 0 Å². The van der Waals surface area contributed by atoms with Crippen molar-refractivity contribution in [2.45, 2.75) is 26.7 Å². The second kappa shape index (κ2) is 10.2. The van der Waals surface area contributed by atoms with Gasteiger partial charge in [0.15, 0.2) is 6.79 Å². The van der Waals surface area contributed by atoms with Crippen molar-refractivity contribution >= 4 is 5.97 Å². The Morgan fingerprint density at radius 2 is 1.75 bits per heavy atom. The Labute approximate surface area is 97.4 Å². The number of ether oxygens (including phenoxy) is 2. The van der Waals surface area contributed by atoms with Crippen molar-refractivity contribution in [3.8, 4) is 0 Å². The molecule has 0 aromatic heterocycles. The zero-order valence-electron chi connectivity index (χ0n) is 10.2. The van der Waals surface area contributed by atoms with Gasteiger partial charge in [-0.25, -0.2) is 0 Å². The second-order valence-corrected chi connectivity index (χ2v) is 3.29. The molecule has 3 heteroatoms. The zero-order valence-corrected chi connectivity index (χ0v) is 10.2. The molecule has 0 saturated heterocycles. The minimum absolute atomic E-state index is 0.0195. The standard InChI is InChI=1S/C10H12O3.C3H8/c1-12-8-13-10(11)7-9-5-3-2-4-6-9;1-3-2/h2-6H,7-8H2,1H3;3H2,1-2H3. The van der Waals surface area contributed by atoms with E-state index in [0.29, 0.717) is 6.42 Å². The van der Waals surface area contributed by atoms with E-state index in [-0.39, 0.29) is 12.8 Å². The number of benzene rings is 1. The minimum atomic E-state index is -0.270. The molecule has 0 amide bonds. The van der Waals surface area contributed by atoms with Gasteiger partial charge < -0.3 is 9.47 Å². The van der Waals surface area contributed by atoms with Crippen LogP contribution >= 0.6 is 0 Å². The second-order valence-electron chi connectivity index (χ2n) is 3.29. The molecule has 0 spiro atoms. The minimum Gasteiger partial charge on any atom is -0.438 e. The van der Waals surface area contributed by atoms with Crippen LogP contribution in [0.15, 0.2) is 30.3 Å². The van der Waals surface area contributed by atoms with Gasteiger partial charge in [0.2, 0.25) is 0 Å². The predicted octanol–water partition coefficient (Wildman–Crippen LogP) is 2.79. The van der Waals surface area contributed by atoms with Gasteiger partial charge in [0, 0.05) is 7.11 Å². The van der Waals surface area contributed by atoms with E-state index in [4.69, 9.17) is 4.74 Å². The van der Waals surface area contributed by atoms with Gasteiger partial charge in [0.25, 0.3) is 0 Å². The third kappa shape index (κ3) is 8.00. The van der Waals surface area contributed by atoms with Crippen LogP contribution in [-0.2, 0) is 20.7 Å². The quantitative estimate of drug-likeness (QED) is 0.582. The van der Waals surface area contributed by atoms with Gasteiger partial charge in [-0.15, -0.1) is 0 Å². The van der Waals surface area contributed by atoms with Crippen molar-refractivity contribution < 1.29 is 14.3 Å². The van der Waals surface area contributed by atoms with Crippen molar-refractivity contribution in [3.63, 3.8) is 0 Å². The Hall–Kier alpha value is -1.35. The molecule has 0 aliphatic carbocycles. The summed E-state index contributed by atoms with van der Waals surface area (Å²) in [6.07, 6.45) is 1.55. The molecule has 0 saturated carbocycles. The summed E-state index contributed by atoms with van der Waals surface area (Å²) >= 11 is 0. The lowest BCUT2D eigenvalue weighted by atomic mass is 10.2. The molecule has 0 heterocycles. The Bertz CT molecular complexity index is 270. The Morgan fingerprint density at radius 1 is 1.19 bits per heavy atom. The monoisotopic (exact) mass is 224 g/mol. The van der Waals surface area contributed by atoms with Crippen molar-refractivity contribution in [1.29, 1.82) is 0 Å². The fourth-order valence-corrected chi connectivity index (χ4v) is 0.938. The summed E-state index contributed by atoms with van der Waals surface area (Å²) in [5.41, 5.74) is 0.948. The third-order valence-corrected chi connectivity index (χ3v) is 1.53. The SMILES string of the molecule is CCC.COCOC(=O)Cc1ccccc1. The molecule has 1 aromatic rings. The number of rotatable bonds is 4. The normalized spacial score (nSPS) is 8.94. The third-order valence-electron chi connectivity index (χ3n) is 1.53. The molecule has 0 radical (unpaired) electrons. The van der Waals surface area contributed by atoms with Crippen molar-refractivity contribution in [2.75, 3.05) is 13.9 Å². The summed E-state index contributed by atoms with van der Waals surface area (Å²) in [4.78, 5) is 11.1. The van der Waals surface area contributed by atoms with Crippen LogP contribution in [0.5, 0.6) is 0 Å². The smallest absolute Gasteiger partial charge is 0.312 e. The summed E-state index contributed by atoms with van der Waals surface area (Å²) < 4.78 is 9.34. The van der Waals surface area contributed by atoms with Crippen LogP contribution in [0.25, 0.3) is 0 Å². The number of methoxy groups -OCH3 is 1. The molecule has 0 aliphatic heterocycles. The first-order chi connectivity index (χ1) is 7.74. The maximum Gasteiger partial charge on any atom is 0.312 e. The molecule has 0 bridgehead atoms. The number of hydrogen-bond acceptors (Lipinski definition) is 3. The molecule has 0 N–H and O–H groups in total. The summed E-state index contributed by atoms with van der Waals surface area (Å²) in [5, 5.41) is 0. The molecule has 0 atom stereocenters. The Balaban J connectivity index is 0.000000673. The van der Waals surface area contributed by atoms with Crippen molar-refractivity contribution in [2.24, 2.45) is 0 Å². The molecule has 0 fully saturated rings. The summed E-state index contributed by atoms with van der Waals surface area (Å²) in [6, 6.07) is 9.45. The van der Waals surface area contributed by atoms with E-state index in [2.05, 4.69) is 18.6 Å². The Kier molecular flexibility index (Phi) is 9.32. The van der Waals surface area contributed by atoms with E-state index in [9.17, 15) is 4.79 Å². The molecular weight excluding hydrogens is 204 g/mol. The molecule has 3 nitrogen and oxygen atoms in total. The summed E-state index contributed by atoms with van der Waals surface area (Å²) in [5.74, 6) is -0.270. The molecule has 0 unspecified atom stereocenters. The average Bonchev–Trinajstić information content (AvgIpc) is 2.29. The zero-order chi connectivity index (χ0) is 12.2. The van der Waals surface area contributed by atoms with Gasteiger partial charge >= 0.3 is 5.97 Å². The van der Waals surface area contributed by atoms with Gasteiger partial charge in [-0.3, -0.25) is 4.79 Å². The topological polar surface area (TPSA) is 35.5 Å². The van der Waals surface area contributed by atoms with Gasteiger partial charge in [-0.05, 0) is 5.56 Å². The van der Waals surface area contributed by atoms with E-state index in [1.165, 1.54) is 13.5 Å². The molecule has 90 valence electrons. The summed E-state index contributed by atoms with van der Waals surface area (Å²) in [6.45, 7) is 4.27. The lowest BCUT2D eigenvalue weighted by Crippen LogP contribution is -2.09. The number of carbonyl (C=O) groups excluding carboxylic acids is 1. The maximum atomic E-state index is 11.1. The van der Waals surface area contributed by atoms with Crippen LogP contribution < -0.4 is 0 Å². The highest BCUT2D eigenvalue weighted by Gasteiger charge is 2.02. The van der Waals surface area contributed by atoms with Crippen molar-refractivity contribution in [1.82, 2.24) is 0 Å². The predicted molar refractivity (Wildman–Crippen MR) is 64.1 cm³/mol. The van der Waals surface area contributed by atoms with E-state index in [1.54, 1.807) is 0 Å². The first-order valence-electron chi connectivity index (χ1n) is 5.43. The number of hydrogen-bond donors (Lipinski definition) is 0. The molecule has 16 heavy (non-hydrogen) atoms. The molecule has 1 aromatic carbocycles. The first kappa shape index (κ1) is 14.6. The highest BCUT2D eigenvalue weighted by molar-refractivity contribution is 5.72. The fourth-order valence-electron chi connectivity index (χ4n) is 0.938. The largest absolute Gasteiger partial charge is 0.438 e. The molecule has 1 rings (SSSR count). The first-order valence-corrected chi connectivity index (χ1v) is 5.43. The molecular formula is C13H20O3. The van der Waals surface area contributed by atoms with Crippen LogP contribution in [0.4, 0.5) is 0 Å². The highest BCUT2D eigenvalue weighted by Crippen LogP contribution is 2.00. The molecule has 0 aliphatic rings. The van der Waals surface area contributed by atoms with Gasteiger partial charge in [-0.2, -0.15) is 0 Å². The van der Waals surface area contributed by atoms with Crippen molar-refractivity contribution in [3.05, 3.63) is 35.9 Å². The van der Waals surface area contributed by atoms with Crippen LogP contribution in [-0.4, -0.2) is 19.9 Å². The van der Waals surface area contributed by atoms with Crippen LogP contribution in [0, 0.1) is 0 Å². The van der Waals surface area contributed by atoms with Gasteiger partial charge in [-0.1, -0.05) is 50.6 Å². The lowest BCUT2D eigenvalue weighted by molar-refractivity contribution is -0.153. The fraction of sp³-hybridized carbons (Fsp3) is 0.462. The Morgan fingerprint density at radius 3 is 2.25 bits per heavy atom. The van der Waals surface area contributed by atoms with E-state index in [1.807, 2.05) is 30.3 Å². The number of carbonyl (C=O) groups is 1. The van der Waals surface area contributed by atoms with Gasteiger partial charge in [0.05, 0.1) is 6.42 Å². The average molecular weight is 224 g/mol. The number of esters is 1. The summed E-state index contributed by atoms with van der Waals surface area (Å²) in [7, 11) is 1.48. The maximum absolute atomic E-state index is 11.1. The highest BCUT2D eigenvalue weighted by atomic mass is 16.7. The van der Waals surface area contributed by atoms with E-state index in [0.717, 1.165) is 5.56 Å².